The van der Waals surface area contributed by atoms with Crippen molar-refractivity contribution in [1.29, 1.82) is 0 Å². The average molecular weight is 431 g/mol. The number of rotatable bonds is 5. The van der Waals surface area contributed by atoms with Crippen LogP contribution in [0.3, 0.4) is 0 Å². The van der Waals surface area contributed by atoms with Crippen LogP contribution in [0.2, 0.25) is 10.0 Å². The lowest BCUT2D eigenvalue weighted by Crippen LogP contribution is -2.50. The molecule has 0 fully saturated rings. The smallest absolute Gasteiger partial charge is 0.237 e. The number of amides is 1. The number of halogens is 2. The quantitative estimate of drug-likeness (QED) is 0.466. The number of likely N-dealkylation sites (N-methyl/N-ethyl adjacent to an activating group) is 1. The number of nitrogens with one attached hydrogen (secondary N) is 4. The standard InChI is InChI=1S/C22H24Cl2N4O/c1-12-4-3-5-14-16-11-18(22(29)26-9-8-25-2)27-20(21(16)28-19(12)14)15-7-6-13(23)10-17(15)24/h3-7,10,18,20,25,27-28H,8-9,11H2,1-2H3,(H,26,29)/t18-,20+/m1/s1. The van der Waals surface area contributed by atoms with Crippen LogP contribution in [0, 0.1) is 6.92 Å². The first-order valence-electron chi connectivity index (χ1n) is 9.73. The van der Waals surface area contributed by atoms with Gasteiger partial charge in [-0.15, -0.1) is 0 Å². The number of aromatic amines is 1. The Kier molecular flexibility index (Phi) is 5.83. The second-order valence-electron chi connectivity index (χ2n) is 7.43. The molecule has 0 radical (unpaired) electrons. The normalized spacial score (nSPS) is 18.6. The summed E-state index contributed by atoms with van der Waals surface area (Å²) in [6, 6.07) is 11.2. The summed E-state index contributed by atoms with van der Waals surface area (Å²) < 4.78 is 0. The zero-order valence-electron chi connectivity index (χ0n) is 16.4. The molecule has 152 valence electrons. The lowest BCUT2D eigenvalue weighted by molar-refractivity contribution is -0.123. The van der Waals surface area contributed by atoms with Gasteiger partial charge in [0.15, 0.2) is 0 Å². The van der Waals surface area contributed by atoms with E-state index in [1.165, 1.54) is 5.56 Å². The number of hydrogen-bond acceptors (Lipinski definition) is 3. The van der Waals surface area contributed by atoms with Gasteiger partial charge >= 0.3 is 0 Å². The van der Waals surface area contributed by atoms with Crippen LogP contribution in [0.25, 0.3) is 10.9 Å². The number of hydrogen-bond donors (Lipinski definition) is 4. The Labute approximate surface area is 180 Å². The van der Waals surface area contributed by atoms with Crippen LogP contribution in [0.1, 0.15) is 28.4 Å². The van der Waals surface area contributed by atoms with Crippen LogP contribution in [-0.4, -0.2) is 37.1 Å². The van der Waals surface area contributed by atoms with Gasteiger partial charge in [-0.1, -0.05) is 47.5 Å². The Morgan fingerprint density at radius 3 is 2.79 bits per heavy atom. The van der Waals surface area contributed by atoms with Gasteiger partial charge in [0, 0.05) is 39.7 Å². The summed E-state index contributed by atoms with van der Waals surface area (Å²) in [7, 11) is 1.87. The number of carbonyl (C=O) groups is 1. The van der Waals surface area contributed by atoms with Crippen molar-refractivity contribution >= 4 is 40.0 Å². The second kappa shape index (κ2) is 8.36. The van der Waals surface area contributed by atoms with Crippen molar-refractivity contribution in [3.8, 4) is 0 Å². The van der Waals surface area contributed by atoms with Crippen LogP contribution in [0.4, 0.5) is 0 Å². The molecule has 1 aromatic heterocycles. The summed E-state index contributed by atoms with van der Waals surface area (Å²) in [4.78, 5) is 16.4. The van der Waals surface area contributed by atoms with Crippen molar-refractivity contribution in [3.05, 3.63) is 68.8 Å². The Morgan fingerprint density at radius 1 is 1.21 bits per heavy atom. The largest absolute Gasteiger partial charge is 0.356 e. The Balaban J connectivity index is 1.79. The molecule has 1 aliphatic rings. The van der Waals surface area contributed by atoms with E-state index in [2.05, 4.69) is 46.1 Å². The minimum atomic E-state index is -0.351. The molecular weight excluding hydrogens is 407 g/mol. The molecule has 0 bridgehead atoms. The topological polar surface area (TPSA) is 68.9 Å². The van der Waals surface area contributed by atoms with Crippen molar-refractivity contribution in [3.63, 3.8) is 0 Å². The molecule has 1 aliphatic heterocycles. The minimum Gasteiger partial charge on any atom is -0.356 e. The molecule has 2 heterocycles. The zero-order valence-corrected chi connectivity index (χ0v) is 17.9. The van der Waals surface area contributed by atoms with Gasteiger partial charge in [0.05, 0.1) is 12.1 Å². The van der Waals surface area contributed by atoms with Crippen molar-refractivity contribution in [2.24, 2.45) is 0 Å². The highest BCUT2D eigenvalue weighted by Gasteiger charge is 2.34. The molecule has 0 unspecified atom stereocenters. The summed E-state index contributed by atoms with van der Waals surface area (Å²) in [6.07, 6.45) is 0.617. The predicted octanol–water partition coefficient (Wildman–Crippen LogP) is 3.72. The van der Waals surface area contributed by atoms with E-state index in [-0.39, 0.29) is 18.0 Å². The van der Waals surface area contributed by atoms with E-state index < -0.39 is 0 Å². The van der Waals surface area contributed by atoms with E-state index in [9.17, 15) is 4.79 Å². The fourth-order valence-electron chi connectivity index (χ4n) is 4.04. The highest BCUT2D eigenvalue weighted by atomic mass is 35.5. The van der Waals surface area contributed by atoms with Crippen LogP contribution < -0.4 is 16.0 Å². The summed E-state index contributed by atoms with van der Waals surface area (Å²) >= 11 is 12.7. The summed E-state index contributed by atoms with van der Waals surface area (Å²) in [5.74, 6) is -0.0111. The molecule has 2 aromatic carbocycles. The predicted molar refractivity (Wildman–Crippen MR) is 119 cm³/mol. The molecule has 4 rings (SSSR count). The number of fused-ring (bicyclic) bond motifs is 3. The van der Waals surface area contributed by atoms with Crippen LogP contribution in [0.5, 0.6) is 0 Å². The molecule has 2 atom stereocenters. The van der Waals surface area contributed by atoms with Gasteiger partial charge in [0.1, 0.15) is 0 Å². The van der Waals surface area contributed by atoms with Gasteiger partial charge in [0.2, 0.25) is 5.91 Å². The monoisotopic (exact) mass is 430 g/mol. The summed E-state index contributed by atoms with van der Waals surface area (Å²) in [5, 5.41) is 11.9. The van der Waals surface area contributed by atoms with Crippen LogP contribution in [-0.2, 0) is 11.2 Å². The second-order valence-corrected chi connectivity index (χ2v) is 8.28. The Hall–Kier alpha value is -2.05. The minimum absolute atomic E-state index is 0.0111. The van der Waals surface area contributed by atoms with Gasteiger partial charge in [-0.2, -0.15) is 0 Å². The highest BCUT2D eigenvalue weighted by molar-refractivity contribution is 6.35. The molecule has 0 saturated carbocycles. The van der Waals surface area contributed by atoms with E-state index >= 15 is 0 Å². The molecular formula is C22H24Cl2N4O. The third-order valence-electron chi connectivity index (χ3n) is 5.51. The third kappa shape index (κ3) is 3.88. The van der Waals surface area contributed by atoms with Gasteiger partial charge < -0.3 is 15.6 Å². The van der Waals surface area contributed by atoms with E-state index in [1.807, 2.05) is 19.2 Å². The molecule has 0 saturated heterocycles. The van der Waals surface area contributed by atoms with Gasteiger partial charge in [-0.05, 0) is 49.2 Å². The number of benzene rings is 2. The SMILES string of the molecule is CNCCNC(=O)[C@H]1Cc2c([nH]c3c(C)cccc23)[C@H](c2ccc(Cl)cc2Cl)N1. The third-order valence-corrected chi connectivity index (χ3v) is 6.07. The highest BCUT2D eigenvalue weighted by Crippen LogP contribution is 2.38. The lowest BCUT2D eigenvalue weighted by atomic mass is 9.89. The number of aromatic nitrogens is 1. The number of aryl methyl sites for hydroxylation is 1. The van der Waals surface area contributed by atoms with Crippen molar-refractivity contribution < 1.29 is 4.79 Å². The van der Waals surface area contributed by atoms with Crippen LogP contribution in [0.15, 0.2) is 36.4 Å². The van der Waals surface area contributed by atoms with Crippen LogP contribution >= 0.6 is 23.2 Å². The maximum atomic E-state index is 12.9. The fourth-order valence-corrected chi connectivity index (χ4v) is 4.56. The number of H-pyrrole nitrogens is 1. The van der Waals surface area contributed by atoms with Gasteiger partial charge in [-0.25, -0.2) is 0 Å². The first-order valence-corrected chi connectivity index (χ1v) is 10.5. The van der Waals surface area contributed by atoms with E-state index in [0.717, 1.165) is 34.3 Å². The first-order chi connectivity index (χ1) is 14.0. The lowest BCUT2D eigenvalue weighted by Gasteiger charge is -2.31. The Bertz CT molecular complexity index is 1060. The fraction of sp³-hybridized carbons (Fsp3) is 0.318. The molecule has 5 nitrogen and oxygen atoms in total. The maximum Gasteiger partial charge on any atom is 0.237 e. The average Bonchev–Trinajstić information content (AvgIpc) is 3.08. The van der Waals surface area contributed by atoms with Crippen molar-refractivity contribution in [1.82, 2.24) is 20.9 Å². The van der Waals surface area contributed by atoms with E-state index in [1.54, 1.807) is 6.07 Å². The molecule has 1 amide bonds. The summed E-state index contributed by atoms with van der Waals surface area (Å²) in [6.45, 7) is 3.39. The molecule has 3 aromatic rings. The molecule has 0 aliphatic carbocycles. The number of para-hydroxylation sites is 1. The maximum absolute atomic E-state index is 12.9. The van der Waals surface area contributed by atoms with Gasteiger partial charge in [0.25, 0.3) is 0 Å². The molecule has 0 spiro atoms. The molecule has 29 heavy (non-hydrogen) atoms. The Morgan fingerprint density at radius 2 is 2.03 bits per heavy atom. The van der Waals surface area contributed by atoms with E-state index in [4.69, 9.17) is 23.2 Å². The van der Waals surface area contributed by atoms with Gasteiger partial charge in [-0.3, -0.25) is 10.1 Å². The van der Waals surface area contributed by atoms with Crippen molar-refractivity contribution in [2.45, 2.75) is 25.4 Å². The molecule has 7 heteroatoms. The summed E-state index contributed by atoms with van der Waals surface area (Å²) in [5.41, 5.74) is 5.39. The zero-order chi connectivity index (χ0) is 20.5. The van der Waals surface area contributed by atoms with E-state index in [0.29, 0.717) is 23.0 Å². The number of carbonyl (C=O) groups excluding carboxylic acids is 1. The van der Waals surface area contributed by atoms with Crippen molar-refractivity contribution in [2.75, 3.05) is 20.1 Å². The molecule has 4 N–H and O–H groups in total. The first kappa shape index (κ1) is 20.2.